The van der Waals surface area contributed by atoms with Crippen LogP contribution in [0.1, 0.15) is 36.2 Å². The molecule has 1 aromatic rings. The fourth-order valence-corrected chi connectivity index (χ4v) is 2.58. The number of rotatable bonds is 7. The average molecular weight is 362 g/mol. The van der Waals surface area contributed by atoms with Crippen molar-refractivity contribution in [3.8, 4) is 0 Å². The molecule has 0 unspecified atom stereocenters. The van der Waals surface area contributed by atoms with Crippen molar-refractivity contribution in [3.05, 3.63) is 32.7 Å². The lowest BCUT2D eigenvalue weighted by Gasteiger charge is -2.36. The second kappa shape index (κ2) is 8.09. The number of aromatic nitrogens is 1. The van der Waals surface area contributed by atoms with Crippen LogP contribution in [-0.4, -0.2) is 43.9 Å². The first kappa shape index (κ1) is 18.9. The molecule has 9 heteroatoms. The van der Waals surface area contributed by atoms with Crippen LogP contribution in [0.15, 0.2) is 11.0 Å². The van der Waals surface area contributed by atoms with E-state index in [-0.39, 0.29) is 23.7 Å². The molecule has 0 atom stereocenters. The van der Waals surface area contributed by atoms with Gasteiger partial charge >= 0.3 is 5.97 Å². The van der Waals surface area contributed by atoms with Gasteiger partial charge in [-0.1, -0.05) is 11.6 Å². The number of pyridine rings is 1. The zero-order chi connectivity index (χ0) is 17.9. The molecule has 1 aromatic heterocycles. The summed E-state index contributed by atoms with van der Waals surface area (Å²) in [6, 6.07) is 0. The highest BCUT2D eigenvalue weighted by molar-refractivity contribution is 6.31. The van der Waals surface area contributed by atoms with Gasteiger partial charge in [0, 0.05) is 20.4 Å². The molecule has 0 amide bonds. The predicted octanol–water partition coefficient (Wildman–Crippen LogP) is 1.69. The number of halogens is 1. The fourth-order valence-electron chi connectivity index (χ4n) is 2.28. The molecule has 1 fully saturated rings. The van der Waals surface area contributed by atoms with E-state index in [1.54, 1.807) is 18.4 Å². The number of carbonyl (C=O) groups excluding carboxylic acids is 1. The summed E-state index contributed by atoms with van der Waals surface area (Å²) in [7, 11) is 2.95. The van der Waals surface area contributed by atoms with E-state index >= 15 is 0 Å². The molecule has 1 aliphatic heterocycles. The zero-order valence-electron chi connectivity index (χ0n) is 13.9. The van der Waals surface area contributed by atoms with E-state index in [0.717, 1.165) is 0 Å². The predicted molar refractivity (Wildman–Crippen MR) is 83.8 cm³/mol. The van der Waals surface area contributed by atoms with Crippen molar-refractivity contribution in [2.75, 3.05) is 20.8 Å². The lowest BCUT2D eigenvalue weighted by molar-refractivity contribution is -0.384. The minimum atomic E-state index is -0.800. The molecule has 2 rings (SSSR count). The minimum absolute atomic E-state index is 0.142. The Kier molecular flexibility index (Phi) is 6.36. The molecule has 1 aliphatic rings. The maximum atomic E-state index is 12.4. The lowest BCUT2D eigenvalue weighted by Crippen LogP contribution is -2.37. The lowest BCUT2D eigenvalue weighted by atomic mass is 10.2. The summed E-state index contributed by atoms with van der Waals surface area (Å²) in [6.45, 7) is 3.68. The van der Waals surface area contributed by atoms with Crippen LogP contribution in [0.3, 0.4) is 0 Å². The van der Waals surface area contributed by atoms with Crippen LogP contribution in [0.4, 0.5) is 0 Å². The van der Waals surface area contributed by atoms with E-state index in [4.69, 9.17) is 35.3 Å². The van der Waals surface area contributed by atoms with Crippen LogP contribution < -0.4 is 5.43 Å². The molecule has 2 heterocycles. The first-order valence-electron chi connectivity index (χ1n) is 7.39. The van der Waals surface area contributed by atoms with Crippen molar-refractivity contribution >= 4 is 17.6 Å². The van der Waals surface area contributed by atoms with E-state index in [1.165, 1.54) is 20.4 Å². The van der Waals surface area contributed by atoms with Crippen molar-refractivity contribution in [2.24, 2.45) is 0 Å². The third-order valence-electron chi connectivity index (χ3n) is 3.48. The summed E-state index contributed by atoms with van der Waals surface area (Å²) in [5.74, 6) is -0.750. The Morgan fingerprint density at radius 1 is 1.38 bits per heavy atom. The Morgan fingerprint density at radius 3 is 2.50 bits per heavy atom. The Bertz CT molecular complexity index is 650. The minimum Gasteiger partial charge on any atom is -0.462 e. The molecule has 8 nitrogen and oxygen atoms in total. The van der Waals surface area contributed by atoms with Crippen molar-refractivity contribution in [1.29, 1.82) is 0 Å². The summed E-state index contributed by atoms with van der Waals surface area (Å²) in [4.78, 5) is 24.4. The highest BCUT2D eigenvalue weighted by Gasteiger charge is 2.35. The van der Waals surface area contributed by atoms with Gasteiger partial charge in [-0.15, -0.1) is 0 Å². The Labute approximate surface area is 144 Å². The highest BCUT2D eigenvalue weighted by atomic mass is 35.5. The topological polar surface area (TPSA) is 85.2 Å². The maximum absolute atomic E-state index is 12.4. The fraction of sp³-hybridized carbons (Fsp3) is 0.600. The molecular formula is C15H20ClNO7. The third kappa shape index (κ3) is 3.79. The monoisotopic (exact) mass is 361 g/mol. The Hall–Kier alpha value is -1.45. The second-order valence-corrected chi connectivity index (χ2v) is 5.39. The molecular weight excluding hydrogens is 342 g/mol. The summed E-state index contributed by atoms with van der Waals surface area (Å²) >= 11 is 6.19. The first-order chi connectivity index (χ1) is 11.4. The summed E-state index contributed by atoms with van der Waals surface area (Å²) < 4.78 is 27.6. The second-order valence-electron chi connectivity index (χ2n) is 5.02. The van der Waals surface area contributed by atoms with Gasteiger partial charge in [-0.3, -0.25) is 4.79 Å². The van der Waals surface area contributed by atoms with Gasteiger partial charge < -0.3 is 28.3 Å². The molecule has 1 saturated heterocycles. The van der Waals surface area contributed by atoms with Gasteiger partial charge in [-0.25, -0.2) is 4.79 Å². The van der Waals surface area contributed by atoms with Crippen LogP contribution in [0.5, 0.6) is 0 Å². The number of ether oxygens (including phenoxy) is 5. The van der Waals surface area contributed by atoms with Gasteiger partial charge in [0.1, 0.15) is 10.6 Å². The van der Waals surface area contributed by atoms with Gasteiger partial charge in [0.25, 0.3) is 0 Å². The summed E-state index contributed by atoms with van der Waals surface area (Å²) in [6.07, 6.45) is -0.469. The van der Waals surface area contributed by atoms with Crippen molar-refractivity contribution in [1.82, 2.24) is 4.57 Å². The van der Waals surface area contributed by atoms with Crippen molar-refractivity contribution in [2.45, 2.75) is 39.3 Å². The van der Waals surface area contributed by atoms with Gasteiger partial charge in [-0.05, 0) is 13.8 Å². The van der Waals surface area contributed by atoms with Crippen molar-refractivity contribution in [3.63, 3.8) is 0 Å². The normalized spacial score (nSPS) is 20.1. The zero-order valence-corrected chi connectivity index (χ0v) is 14.7. The number of carbonyl (C=O) groups is 1. The summed E-state index contributed by atoms with van der Waals surface area (Å²) in [5, 5.41) is -0.164. The molecule has 0 saturated carbocycles. The number of methoxy groups -OCH3 is 2. The van der Waals surface area contributed by atoms with Crippen LogP contribution in [-0.2, 0) is 30.2 Å². The molecule has 24 heavy (non-hydrogen) atoms. The Balaban J connectivity index is 2.49. The Morgan fingerprint density at radius 2 is 2.00 bits per heavy atom. The molecule has 0 spiro atoms. The smallest absolute Gasteiger partial charge is 0.343 e. The van der Waals surface area contributed by atoms with Crippen LogP contribution in [0, 0.1) is 0 Å². The van der Waals surface area contributed by atoms with Crippen LogP contribution in [0.2, 0.25) is 5.02 Å². The first-order valence-corrected chi connectivity index (χ1v) is 7.77. The average Bonchev–Trinajstić information content (AvgIpc) is 2.53. The van der Waals surface area contributed by atoms with Crippen LogP contribution >= 0.6 is 11.6 Å². The highest BCUT2D eigenvalue weighted by Crippen LogP contribution is 2.34. The van der Waals surface area contributed by atoms with Crippen molar-refractivity contribution < 1.29 is 28.5 Å². The van der Waals surface area contributed by atoms with Gasteiger partial charge in [0.2, 0.25) is 11.7 Å². The number of hydrogen-bond acceptors (Lipinski definition) is 7. The molecule has 0 aliphatic carbocycles. The SMILES string of the molecule is CCOC(=O)c1cn(CC(OC)OC)c(C2OC(C)O2)c(Cl)c1=O. The molecule has 0 radical (unpaired) electrons. The number of esters is 1. The molecule has 0 bridgehead atoms. The van der Waals surface area contributed by atoms with E-state index < -0.39 is 30.3 Å². The molecule has 0 N–H and O–H groups in total. The van der Waals surface area contributed by atoms with E-state index in [9.17, 15) is 9.59 Å². The van der Waals surface area contributed by atoms with E-state index in [2.05, 4.69) is 0 Å². The third-order valence-corrected chi connectivity index (χ3v) is 3.85. The maximum Gasteiger partial charge on any atom is 0.343 e. The number of nitrogens with zero attached hydrogens (tertiary/aromatic N) is 1. The molecule has 134 valence electrons. The van der Waals surface area contributed by atoms with Gasteiger partial charge in [0.15, 0.2) is 12.6 Å². The van der Waals surface area contributed by atoms with Gasteiger partial charge in [-0.2, -0.15) is 0 Å². The number of hydrogen-bond donors (Lipinski definition) is 0. The van der Waals surface area contributed by atoms with Crippen LogP contribution in [0.25, 0.3) is 0 Å². The van der Waals surface area contributed by atoms with Gasteiger partial charge in [0.05, 0.1) is 18.8 Å². The molecule has 0 aromatic carbocycles. The van der Waals surface area contributed by atoms with E-state index in [0.29, 0.717) is 5.69 Å². The largest absolute Gasteiger partial charge is 0.462 e. The standard InChI is InChI=1S/C15H20ClNO7/c1-5-22-14(19)9-6-17(7-10(20-3)21-4)12(11(16)13(9)18)15-23-8(2)24-15/h6,8,10,15H,5,7H2,1-4H3. The van der Waals surface area contributed by atoms with E-state index in [1.807, 2.05) is 0 Å². The quantitative estimate of drug-likeness (QED) is 0.539. The summed E-state index contributed by atoms with van der Waals surface area (Å²) in [5.41, 5.74) is -0.518.